The molecule has 0 aromatic carbocycles. The molecule has 0 fully saturated rings. The predicted molar refractivity (Wildman–Crippen MR) is 159 cm³/mol. The van der Waals surface area contributed by atoms with E-state index in [2.05, 4.69) is 61.1 Å². The Morgan fingerprint density at radius 1 is 0.412 bits per heavy atom. The van der Waals surface area contributed by atoms with Crippen molar-refractivity contribution < 1.29 is 0 Å². The molecule has 0 saturated carbocycles. The third-order valence-corrected chi connectivity index (χ3v) is 9.63. The second-order valence-corrected chi connectivity index (χ2v) is 12.1. The zero-order valence-corrected chi connectivity index (χ0v) is 24.7. The largest absolute Gasteiger partial charge is 0.142 e. The van der Waals surface area contributed by atoms with E-state index >= 15 is 0 Å². The molecule has 0 amide bonds. The molecule has 2 aromatic heterocycles. The summed E-state index contributed by atoms with van der Waals surface area (Å²) in [6, 6.07) is 0. The smallest absolute Gasteiger partial charge is 0.0480 e. The Bertz CT molecular complexity index is 687. The number of rotatable bonds is 21. The number of hydrogen-bond acceptors (Lipinski definition) is 2. The van der Waals surface area contributed by atoms with Gasteiger partial charge in [0.1, 0.15) is 0 Å². The molecule has 0 N–H and O–H groups in total. The lowest BCUT2D eigenvalue weighted by Gasteiger charge is -2.11. The van der Waals surface area contributed by atoms with Gasteiger partial charge in [0, 0.05) is 9.75 Å². The Balaban J connectivity index is 2.25. The molecule has 0 nitrogen and oxygen atoms in total. The van der Waals surface area contributed by atoms with Gasteiger partial charge in [-0.15, -0.1) is 22.7 Å². The Morgan fingerprint density at radius 3 is 1.06 bits per heavy atom. The van der Waals surface area contributed by atoms with E-state index in [9.17, 15) is 0 Å². The standard InChI is InChI=1S/C32H54S2/c1-5-9-13-17-21-27-25-33-31(29(27)23-19-15-11-7-3)32-30(24-20-16-12-8-4)28(26-34-32)22-18-14-10-6-2/h25-26H,5-24H2,1-4H3. The first kappa shape index (κ1) is 29.6. The fraction of sp³-hybridized carbons (Fsp3) is 0.750. The van der Waals surface area contributed by atoms with Crippen molar-refractivity contribution in [3.8, 4) is 9.75 Å². The summed E-state index contributed by atoms with van der Waals surface area (Å²) in [5, 5.41) is 5.08. The highest BCUT2D eigenvalue weighted by molar-refractivity contribution is 7.20. The van der Waals surface area contributed by atoms with Crippen LogP contribution in [0.4, 0.5) is 0 Å². The minimum absolute atomic E-state index is 1.29. The molecule has 0 atom stereocenters. The molecule has 0 aliphatic rings. The maximum atomic E-state index is 2.54. The van der Waals surface area contributed by atoms with Gasteiger partial charge in [-0.3, -0.25) is 0 Å². The maximum absolute atomic E-state index is 2.54. The van der Waals surface area contributed by atoms with Crippen molar-refractivity contribution in [3.63, 3.8) is 0 Å². The average molecular weight is 503 g/mol. The number of aryl methyl sites for hydroxylation is 2. The highest BCUT2D eigenvalue weighted by Gasteiger charge is 2.19. The highest BCUT2D eigenvalue weighted by Crippen LogP contribution is 2.42. The Kier molecular flexibility index (Phi) is 16.2. The maximum Gasteiger partial charge on any atom is 0.0480 e. The number of thiophene rings is 2. The molecule has 34 heavy (non-hydrogen) atoms. The normalized spacial score (nSPS) is 11.5. The van der Waals surface area contributed by atoms with E-state index in [0.29, 0.717) is 0 Å². The summed E-state index contributed by atoms with van der Waals surface area (Å²) < 4.78 is 0. The molecule has 0 radical (unpaired) electrons. The van der Waals surface area contributed by atoms with Crippen molar-refractivity contribution in [2.75, 3.05) is 0 Å². The first-order chi connectivity index (χ1) is 16.8. The molecule has 0 aliphatic heterocycles. The second kappa shape index (κ2) is 18.6. The molecule has 2 heteroatoms. The summed E-state index contributed by atoms with van der Waals surface area (Å²) in [4.78, 5) is 3.30. The monoisotopic (exact) mass is 502 g/mol. The molecule has 2 rings (SSSR count). The lowest BCUT2D eigenvalue weighted by atomic mass is 9.95. The van der Waals surface area contributed by atoms with Crippen LogP contribution in [0.25, 0.3) is 9.75 Å². The molecule has 2 heterocycles. The zero-order valence-electron chi connectivity index (χ0n) is 23.1. The van der Waals surface area contributed by atoms with E-state index in [1.165, 1.54) is 128 Å². The predicted octanol–water partition coefficient (Wildman–Crippen LogP) is 12.0. The van der Waals surface area contributed by atoms with Gasteiger partial charge in [0.05, 0.1) is 0 Å². The Morgan fingerprint density at radius 2 is 0.735 bits per heavy atom. The lowest BCUT2D eigenvalue weighted by Crippen LogP contribution is -1.97. The van der Waals surface area contributed by atoms with Crippen molar-refractivity contribution in [2.24, 2.45) is 0 Å². The minimum atomic E-state index is 1.29. The number of hydrogen-bond donors (Lipinski definition) is 0. The molecular formula is C32H54S2. The summed E-state index contributed by atoms with van der Waals surface area (Å²) in [6.45, 7) is 9.29. The van der Waals surface area contributed by atoms with Crippen molar-refractivity contribution in [2.45, 2.75) is 156 Å². The van der Waals surface area contributed by atoms with Crippen LogP contribution in [-0.2, 0) is 25.7 Å². The highest BCUT2D eigenvalue weighted by atomic mass is 32.1. The van der Waals surface area contributed by atoms with Crippen LogP contribution in [0.1, 0.15) is 153 Å². The van der Waals surface area contributed by atoms with Gasteiger partial charge in [0.15, 0.2) is 0 Å². The van der Waals surface area contributed by atoms with Gasteiger partial charge in [-0.2, -0.15) is 0 Å². The number of unbranched alkanes of at least 4 members (excludes halogenated alkanes) is 12. The van der Waals surface area contributed by atoms with E-state index in [0.717, 1.165) is 0 Å². The third-order valence-electron chi connectivity index (χ3n) is 7.33. The van der Waals surface area contributed by atoms with Gasteiger partial charge in [-0.05, 0) is 84.4 Å². The van der Waals surface area contributed by atoms with Gasteiger partial charge in [0.2, 0.25) is 0 Å². The zero-order chi connectivity index (χ0) is 24.4. The third kappa shape index (κ3) is 10.2. The summed E-state index contributed by atoms with van der Waals surface area (Å²) in [6.07, 6.45) is 27.0. The molecule has 2 aromatic rings. The van der Waals surface area contributed by atoms with Gasteiger partial charge in [0.25, 0.3) is 0 Å². The molecule has 0 unspecified atom stereocenters. The van der Waals surface area contributed by atoms with Crippen molar-refractivity contribution in [1.29, 1.82) is 0 Å². The average Bonchev–Trinajstić information content (AvgIpc) is 3.43. The van der Waals surface area contributed by atoms with E-state index < -0.39 is 0 Å². The van der Waals surface area contributed by atoms with Crippen LogP contribution in [0.2, 0.25) is 0 Å². The summed E-state index contributed by atoms with van der Waals surface area (Å²) in [7, 11) is 0. The summed E-state index contributed by atoms with van der Waals surface area (Å²) >= 11 is 4.14. The van der Waals surface area contributed by atoms with Crippen molar-refractivity contribution in [1.82, 2.24) is 0 Å². The van der Waals surface area contributed by atoms with Crippen LogP contribution < -0.4 is 0 Å². The molecule has 0 aliphatic carbocycles. The molecule has 0 spiro atoms. The first-order valence-corrected chi connectivity index (χ1v) is 16.7. The van der Waals surface area contributed by atoms with Crippen LogP contribution in [-0.4, -0.2) is 0 Å². The van der Waals surface area contributed by atoms with E-state index in [1.807, 2.05) is 0 Å². The van der Waals surface area contributed by atoms with E-state index in [1.54, 1.807) is 32.0 Å². The van der Waals surface area contributed by atoms with Gasteiger partial charge < -0.3 is 0 Å². The summed E-state index contributed by atoms with van der Waals surface area (Å²) in [5.74, 6) is 0. The van der Waals surface area contributed by atoms with Gasteiger partial charge in [-0.25, -0.2) is 0 Å². The van der Waals surface area contributed by atoms with Crippen LogP contribution in [0.3, 0.4) is 0 Å². The molecular weight excluding hydrogens is 448 g/mol. The summed E-state index contributed by atoms with van der Waals surface area (Å²) in [5.41, 5.74) is 6.82. The molecule has 194 valence electrons. The minimum Gasteiger partial charge on any atom is -0.142 e. The first-order valence-electron chi connectivity index (χ1n) is 14.9. The Hall–Kier alpha value is -0.600. The fourth-order valence-electron chi connectivity index (χ4n) is 5.13. The fourth-order valence-corrected chi connectivity index (χ4v) is 7.67. The van der Waals surface area contributed by atoms with Crippen LogP contribution in [0.5, 0.6) is 0 Å². The van der Waals surface area contributed by atoms with Crippen LogP contribution >= 0.6 is 22.7 Å². The topological polar surface area (TPSA) is 0 Å². The SMILES string of the molecule is CCCCCCc1csc(-c2scc(CCCCCC)c2CCCCCC)c1CCCCCC. The van der Waals surface area contributed by atoms with Crippen LogP contribution in [0.15, 0.2) is 10.8 Å². The van der Waals surface area contributed by atoms with Crippen molar-refractivity contribution >= 4 is 22.7 Å². The van der Waals surface area contributed by atoms with E-state index in [4.69, 9.17) is 0 Å². The lowest BCUT2D eigenvalue weighted by molar-refractivity contribution is 0.651. The van der Waals surface area contributed by atoms with Crippen molar-refractivity contribution in [3.05, 3.63) is 33.0 Å². The van der Waals surface area contributed by atoms with Crippen LogP contribution in [0, 0.1) is 0 Å². The Labute approximate surface area is 221 Å². The second-order valence-electron chi connectivity index (χ2n) is 10.4. The van der Waals surface area contributed by atoms with Gasteiger partial charge in [-0.1, -0.05) is 105 Å². The quantitative estimate of drug-likeness (QED) is 0.149. The van der Waals surface area contributed by atoms with E-state index in [-0.39, 0.29) is 0 Å². The molecule has 0 bridgehead atoms. The molecule has 0 saturated heterocycles. The van der Waals surface area contributed by atoms with Gasteiger partial charge >= 0.3 is 0 Å².